The van der Waals surface area contributed by atoms with Crippen LogP contribution in [0.15, 0.2) is 11.8 Å². The van der Waals surface area contributed by atoms with Crippen molar-refractivity contribution in [3.8, 4) is 0 Å². The first-order chi connectivity index (χ1) is 7.48. The molecule has 1 aliphatic carbocycles. The molecular weight excluding hydrogens is 246 g/mol. The second-order valence-corrected chi connectivity index (χ2v) is 7.51. The molecule has 1 saturated heterocycles. The Bertz CT molecular complexity index is 427. The molecule has 1 heterocycles. The summed E-state index contributed by atoms with van der Waals surface area (Å²) in [5, 5.41) is -0.455. The fraction of sp³-hybridized carbons (Fsp3) is 0.700. The van der Waals surface area contributed by atoms with Crippen molar-refractivity contribution in [2.75, 3.05) is 24.3 Å². The van der Waals surface area contributed by atoms with E-state index >= 15 is 0 Å². The summed E-state index contributed by atoms with van der Waals surface area (Å²) in [6.45, 7) is 0.724. The van der Waals surface area contributed by atoms with E-state index in [-0.39, 0.29) is 5.78 Å². The third-order valence-electron chi connectivity index (χ3n) is 2.90. The van der Waals surface area contributed by atoms with E-state index in [1.165, 1.54) is 6.26 Å². The highest BCUT2D eigenvalue weighted by molar-refractivity contribution is 8.00. The lowest BCUT2D eigenvalue weighted by Crippen LogP contribution is -2.45. The fourth-order valence-corrected chi connectivity index (χ4v) is 4.93. The number of sulfone groups is 1. The molecule has 6 heteroatoms. The summed E-state index contributed by atoms with van der Waals surface area (Å²) in [6.07, 6.45) is 4.09. The quantitative estimate of drug-likeness (QED) is 0.730. The molecule has 4 nitrogen and oxygen atoms in total. The van der Waals surface area contributed by atoms with Gasteiger partial charge in [-0.2, -0.15) is 11.8 Å². The average Bonchev–Trinajstić information content (AvgIpc) is 2.64. The SMILES string of the molecule is CS(=O)(=O)C1CSCCN1C1=CC(=O)CC1. The molecule has 0 saturated carbocycles. The van der Waals surface area contributed by atoms with E-state index in [1.54, 1.807) is 17.8 Å². The van der Waals surface area contributed by atoms with Crippen molar-refractivity contribution in [3.05, 3.63) is 11.8 Å². The van der Waals surface area contributed by atoms with Crippen LogP contribution in [0.4, 0.5) is 0 Å². The number of allylic oxidation sites excluding steroid dienone is 2. The summed E-state index contributed by atoms with van der Waals surface area (Å²) in [5.41, 5.74) is 0.903. The molecule has 90 valence electrons. The Hall–Kier alpha value is -0.490. The molecule has 0 N–H and O–H groups in total. The maximum absolute atomic E-state index is 11.7. The van der Waals surface area contributed by atoms with Gasteiger partial charge in [0.05, 0.1) is 0 Å². The van der Waals surface area contributed by atoms with E-state index < -0.39 is 15.2 Å². The molecule has 0 aromatic heterocycles. The number of rotatable bonds is 2. The largest absolute Gasteiger partial charge is 0.357 e. The van der Waals surface area contributed by atoms with Crippen molar-refractivity contribution in [1.29, 1.82) is 0 Å². The van der Waals surface area contributed by atoms with Crippen LogP contribution in [0.1, 0.15) is 12.8 Å². The molecule has 2 rings (SSSR count). The third kappa shape index (κ3) is 2.43. The average molecular weight is 261 g/mol. The molecule has 0 radical (unpaired) electrons. The highest BCUT2D eigenvalue weighted by Crippen LogP contribution is 2.28. The Morgan fingerprint density at radius 3 is 2.75 bits per heavy atom. The van der Waals surface area contributed by atoms with Crippen LogP contribution in [-0.4, -0.2) is 48.8 Å². The minimum absolute atomic E-state index is 0.112. The van der Waals surface area contributed by atoms with Crippen molar-refractivity contribution >= 4 is 27.4 Å². The Labute approximate surface area is 100.0 Å². The molecule has 2 aliphatic rings. The van der Waals surface area contributed by atoms with Gasteiger partial charge in [0.25, 0.3) is 0 Å². The minimum atomic E-state index is -3.08. The van der Waals surface area contributed by atoms with Crippen molar-refractivity contribution in [3.63, 3.8) is 0 Å². The normalized spacial score (nSPS) is 27.1. The van der Waals surface area contributed by atoms with Gasteiger partial charge in [0.2, 0.25) is 0 Å². The lowest BCUT2D eigenvalue weighted by atomic mass is 10.3. The van der Waals surface area contributed by atoms with Crippen LogP contribution in [-0.2, 0) is 14.6 Å². The molecule has 0 bridgehead atoms. The maximum Gasteiger partial charge on any atom is 0.169 e. The van der Waals surface area contributed by atoms with Crippen LogP contribution >= 0.6 is 11.8 Å². The molecule has 1 unspecified atom stereocenters. The maximum atomic E-state index is 11.7. The Morgan fingerprint density at radius 2 is 2.19 bits per heavy atom. The number of ketones is 1. The van der Waals surface area contributed by atoms with Gasteiger partial charge >= 0.3 is 0 Å². The van der Waals surface area contributed by atoms with Gasteiger partial charge in [-0.15, -0.1) is 0 Å². The lowest BCUT2D eigenvalue weighted by molar-refractivity contribution is -0.114. The minimum Gasteiger partial charge on any atom is -0.357 e. The van der Waals surface area contributed by atoms with Gasteiger partial charge in [-0.25, -0.2) is 8.42 Å². The summed E-state index contributed by atoms with van der Waals surface area (Å²) >= 11 is 1.66. The van der Waals surface area contributed by atoms with E-state index in [9.17, 15) is 13.2 Å². The molecule has 0 aromatic rings. The standard InChI is InChI=1S/C10H15NO3S2/c1-16(13,14)10-7-15-5-4-11(10)8-2-3-9(12)6-8/h6,10H,2-5,7H2,1H3. The number of carbonyl (C=O) groups excluding carboxylic acids is 1. The number of thioether (sulfide) groups is 1. The molecule has 1 fully saturated rings. The van der Waals surface area contributed by atoms with Crippen molar-refractivity contribution in [2.24, 2.45) is 0 Å². The molecular formula is C10H15NO3S2. The zero-order valence-electron chi connectivity index (χ0n) is 9.18. The number of hydrogen-bond acceptors (Lipinski definition) is 5. The predicted molar refractivity (Wildman–Crippen MR) is 65.0 cm³/mol. The highest BCUT2D eigenvalue weighted by atomic mass is 32.2. The topological polar surface area (TPSA) is 54.5 Å². The number of carbonyl (C=O) groups is 1. The monoisotopic (exact) mass is 261 g/mol. The van der Waals surface area contributed by atoms with Crippen LogP contribution in [0.3, 0.4) is 0 Å². The fourth-order valence-electron chi connectivity index (χ4n) is 2.07. The van der Waals surface area contributed by atoms with Gasteiger partial charge in [0.15, 0.2) is 15.6 Å². The Balaban J connectivity index is 2.24. The summed E-state index contributed by atoms with van der Waals surface area (Å²) in [5.74, 6) is 1.64. The molecule has 1 aliphatic heterocycles. The summed E-state index contributed by atoms with van der Waals surface area (Å²) < 4.78 is 23.3. The molecule has 0 aromatic carbocycles. The number of nitrogens with zero attached hydrogens (tertiary/aromatic N) is 1. The Kier molecular flexibility index (Phi) is 3.30. The van der Waals surface area contributed by atoms with E-state index in [1.807, 2.05) is 4.90 Å². The summed E-state index contributed by atoms with van der Waals surface area (Å²) in [7, 11) is -3.08. The van der Waals surface area contributed by atoms with Gasteiger partial charge in [-0.1, -0.05) is 0 Å². The zero-order valence-corrected chi connectivity index (χ0v) is 10.8. The summed E-state index contributed by atoms with van der Waals surface area (Å²) in [6, 6.07) is 0. The van der Waals surface area contributed by atoms with Crippen LogP contribution in [0.5, 0.6) is 0 Å². The molecule has 1 atom stereocenters. The predicted octanol–water partition coefficient (Wildman–Crippen LogP) is 0.653. The van der Waals surface area contributed by atoms with E-state index in [2.05, 4.69) is 0 Å². The van der Waals surface area contributed by atoms with Crippen molar-refractivity contribution in [1.82, 2.24) is 4.90 Å². The second kappa shape index (κ2) is 4.41. The van der Waals surface area contributed by atoms with E-state index in [4.69, 9.17) is 0 Å². The molecule has 0 amide bonds. The molecule has 16 heavy (non-hydrogen) atoms. The first-order valence-corrected chi connectivity index (χ1v) is 8.36. The number of hydrogen-bond donors (Lipinski definition) is 0. The first kappa shape index (κ1) is 12.0. The van der Waals surface area contributed by atoms with E-state index in [0.717, 1.165) is 18.0 Å². The van der Waals surface area contributed by atoms with Gasteiger partial charge in [0, 0.05) is 42.5 Å². The lowest BCUT2D eigenvalue weighted by Gasteiger charge is -2.36. The van der Waals surface area contributed by atoms with Gasteiger partial charge in [-0.05, 0) is 6.42 Å². The van der Waals surface area contributed by atoms with Crippen molar-refractivity contribution < 1.29 is 13.2 Å². The zero-order chi connectivity index (χ0) is 11.8. The summed E-state index contributed by atoms with van der Waals surface area (Å²) in [4.78, 5) is 13.1. The second-order valence-electron chi connectivity index (χ2n) is 4.15. The van der Waals surface area contributed by atoms with Crippen LogP contribution < -0.4 is 0 Å². The smallest absolute Gasteiger partial charge is 0.169 e. The highest BCUT2D eigenvalue weighted by Gasteiger charge is 2.33. The Morgan fingerprint density at radius 1 is 1.44 bits per heavy atom. The van der Waals surface area contributed by atoms with E-state index in [0.29, 0.717) is 18.6 Å². The third-order valence-corrected chi connectivity index (χ3v) is 5.55. The van der Waals surface area contributed by atoms with Crippen LogP contribution in [0.2, 0.25) is 0 Å². The van der Waals surface area contributed by atoms with Gasteiger partial charge in [-0.3, -0.25) is 4.79 Å². The van der Waals surface area contributed by atoms with Crippen LogP contribution in [0.25, 0.3) is 0 Å². The van der Waals surface area contributed by atoms with Gasteiger partial charge < -0.3 is 4.90 Å². The van der Waals surface area contributed by atoms with Crippen LogP contribution in [0, 0.1) is 0 Å². The van der Waals surface area contributed by atoms with Crippen molar-refractivity contribution in [2.45, 2.75) is 18.2 Å². The van der Waals surface area contributed by atoms with Gasteiger partial charge in [0.1, 0.15) is 5.37 Å². The molecule has 0 spiro atoms. The first-order valence-electron chi connectivity index (χ1n) is 5.25.